The van der Waals surface area contributed by atoms with Gasteiger partial charge in [-0.25, -0.2) is 0 Å². The molecule has 2 rings (SSSR count). The Morgan fingerprint density at radius 1 is 1.47 bits per heavy atom. The second-order valence-electron chi connectivity index (χ2n) is 4.08. The maximum Gasteiger partial charge on any atom is 0.270 e. The largest absolute Gasteiger partial charge is 0.419 e. The fraction of sp³-hybridized carbons (Fsp3) is 0.333. The number of hydrogen-bond donors (Lipinski definition) is 0. The normalized spacial score (nSPS) is 12.4. The molecule has 0 amide bonds. The average Bonchev–Trinajstić information content (AvgIpc) is 2.87. The first kappa shape index (κ1) is 13.7. The Bertz CT molecular complexity index is 612. The highest BCUT2D eigenvalue weighted by Crippen LogP contribution is 2.30. The minimum Gasteiger partial charge on any atom is -0.419 e. The molecule has 0 saturated carbocycles. The summed E-state index contributed by atoms with van der Waals surface area (Å²) in [7, 11) is 0. The van der Waals surface area contributed by atoms with Gasteiger partial charge in [-0.2, -0.15) is 0 Å². The van der Waals surface area contributed by atoms with E-state index in [9.17, 15) is 10.1 Å². The molecule has 6 nitrogen and oxygen atoms in total. The van der Waals surface area contributed by atoms with E-state index in [1.165, 1.54) is 12.1 Å². The number of nitro benzene ring substituents is 1. The van der Waals surface area contributed by atoms with Crippen LogP contribution in [-0.4, -0.2) is 15.1 Å². The molecule has 0 aliphatic rings. The second kappa shape index (κ2) is 5.48. The van der Waals surface area contributed by atoms with Crippen LogP contribution in [0.25, 0.3) is 11.5 Å². The van der Waals surface area contributed by atoms with Gasteiger partial charge in [0.25, 0.3) is 5.69 Å². The third kappa shape index (κ3) is 2.81. The topological polar surface area (TPSA) is 82.1 Å². The van der Waals surface area contributed by atoms with Crippen molar-refractivity contribution in [1.29, 1.82) is 0 Å². The minimum absolute atomic E-state index is 0.00577. The van der Waals surface area contributed by atoms with Crippen LogP contribution in [0.1, 0.15) is 29.6 Å². The number of non-ortho nitro benzene ring substituents is 1. The van der Waals surface area contributed by atoms with Crippen LogP contribution in [0.5, 0.6) is 0 Å². The van der Waals surface area contributed by atoms with E-state index in [1.807, 2.05) is 13.8 Å². The van der Waals surface area contributed by atoms with Crippen molar-refractivity contribution < 1.29 is 9.34 Å². The third-order valence-corrected chi connectivity index (χ3v) is 3.77. The van der Waals surface area contributed by atoms with Gasteiger partial charge in [-0.3, -0.25) is 10.1 Å². The summed E-state index contributed by atoms with van der Waals surface area (Å²) in [6, 6.07) is 4.57. The van der Waals surface area contributed by atoms with Crippen LogP contribution < -0.4 is 0 Å². The van der Waals surface area contributed by atoms with E-state index in [2.05, 4.69) is 26.1 Å². The maximum absolute atomic E-state index is 10.8. The zero-order valence-electron chi connectivity index (χ0n) is 10.5. The molecule has 2 aromatic rings. The molecule has 0 saturated heterocycles. The highest BCUT2D eigenvalue weighted by molar-refractivity contribution is 9.09. The van der Waals surface area contributed by atoms with Gasteiger partial charge in [0, 0.05) is 17.7 Å². The van der Waals surface area contributed by atoms with Gasteiger partial charge < -0.3 is 4.42 Å². The summed E-state index contributed by atoms with van der Waals surface area (Å²) in [6.45, 7) is 3.83. The van der Waals surface area contributed by atoms with Crippen molar-refractivity contribution in [2.75, 3.05) is 0 Å². The smallest absolute Gasteiger partial charge is 0.270 e. The molecule has 0 aliphatic carbocycles. The summed E-state index contributed by atoms with van der Waals surface area (Å²) >= 11 is 3.42. The van der Waals surface area contributed by atoms with Gasteiger partial charge in [-0.1, -0.05) is 28.9 Å². The molecule has 0 aliphatic heterocycles. The first-order valence-corrected chi connectivity index (χ1v) is 6.67. The van der Waals surface area contributed by atoms with E-state index in [0.29, 0.717) is 17.3 Å². The fourth-order valence-electron chi connectivity index (χ4n) is 1.60. The molecular formula is C12H12BrN3O3. The lowest BCUT2D eigenvalue weighted by Gasteiger charge is -2.01. The Morgan fingerprint density at radius 2 is 2.21 bits per heavy atom. The summed E-state index contributed by atoms with van der Waals surface area (Å²) in [5.74, 6) is 0.775. The van der Waals surface area contributed by atoms with Gasteiger partial charge in [0.1, 0.15) is 0 Å². The summed E-state index contributed by atoms with van der Waals surface area (Å²) in [5.41, 5.74) is 1.44. The van der Waals surface area contributed by atoms with E-state index in [4.69, 9.17) is 4.42 Å². The molecule has 100 valence electrons. The number of nitro groups is 1. The van der Waals surface area contributed by atoms with Crippen molar-refractivity contribution in [3.63, 3.8) is 0 Å². The highest BCUT2D eigenvalue weighted by Gasteiger charge is 2.18. The first-order chi connectivity index (χ1) is 9.02. The molecule has 7 heteroatoms. The summed E-state index contributed by atoms with van der Waals surface area (Å²) in [6.07, 6.45) is 0.815. The highest BCUT2D eigenvalue weighted by atomic mass is 79.9. The van der Waals surface area contributed by atoms with Crippen molar-refractivity contribution in [2.24, 2.45) is 0 Å². The van der Waals surface area contributed by atoms with E-state index in [0.717, 1.165) is 12.0 Å². The molecule has 0 bridgehead atoms. The van der Waals surface area contributed by atoms with Crippen LogP contribution in [-0.2, 0) is 0 Å². The monoisotopic (exact) mass is 325 g/mol. The van der Waals surface area contributed by atoms with Crippen LogP contribution >= 0.6 is 15.9 Å². The maximum atomic E-state index is 10.8. The van der Waals surface area contributed by atoms with Crippen LogP contribution in [0.4, 0.5) is 5.69 Å². The summed E-state index contributed by atoms with van der Waals surface area (Å²) < 4.78 is 5.55. The van der Waals surface area contributed by atoms with Crippen molar-refractivity contribution >= 4 is 21.6 Å². The number of nitrogens with zero attached hydrogens (tertiary/aromatic N) is 3. The number of benzene rings is 1. The molecule has 0 fully saturated rings. The second-order valence-corrected chi connectivity index (χ2v) is 5.18. The predicted octanol–water partition coefficient (Wildman–Crippen LogP) is 3.80. The molecule has 1 aromatic heterocycles. The first-order valence-electron chi connectivity index (χ1n) is 5.75. The average molecular weight is 326 g/mol. The van der Waals surface area contributed by atoms with Gasteiger partial charge in [0.2, 0.25) is 11.8 Å². The molecule has 1 unspecified atom stereocenters. The van der Waals surface area contributed by atoms with E-state index in [1.54, 1.807) is 6.07 Å². The molecule has 1 heterocycles. The van der Waals surface area contributed by atoms with Gasteiger partial charge in [-0.05, 0) is 18.9 Å². The lowest BCUT2D eigenvalue weighted by molar-refractivity contribution is -0.384. The molecule has 19 heavy (non-hydrogen) atoms. The standard InChI is InChI=1S/C12H12BrN3O3/c1-3-10(13)12-15-14-11(19-12)9-6-8(16(17)18)5-4-7(9)2/h4-6,10H,3H2,1-2H3. The Kier molecular flexibility index (Phi) is 3.94. The number of aryl methyl sites for hydroxylation is 1. The molecule has 0 radical (unpaired) electrons. The zero-order chi connectivity index (χ0) is 14.0. The number of halogens is 1. The van der Waals surface area contributed by atoms with Gasteiger partial charge in [-0.15, -0.1) is 10.2 Å². The SMILES string of the molecule is CCC(Br)c1nnc(-c2cc([N+](=O)[O-])ccc2C)o1. The van der Waals surface area contributed by atoms with Crippen LogP contribution in [0.15, 0.2) is 22.6 Å². The van der Waals surface area contributed by atoms with E-state index >= 15 is 0 Å². The Balaban J connectivity index is 2.43. The fourth-order valence-corrected chi connectivity index (χ4v) is 1.78. The molecule has 1 aromatic carbocycles. The predicted molar refractivity (Wildman–Crippen MR) is 73.1 cm³/mol. The third-order valence-electron chi connectivity index (χ3n) is 2.73. The minimum atomic E-state index is -0.445. The number of rotatable bonds is 4. The van der Waals surface area contributed by atoms with Crippen molar-refractivity contribution in [3.05, 3.63) is 39.8 Å². The summed E-state index contributed by atoms with van der Waals surface area (Å²) in [5, 5.41) is 18.7. The quantitative estimate of drug-likeness (QED) is 0.485. The van der Waals surface area contributed by atoms with Crippen LogP contribution in [0, 0.1) is 17.0 Å². The lowest BCUT2D eigenvalue weighted by Crippen LogP contribution is -1.90. The van der Waals surface area contributed by atoms with Gasteiger partial charge in [0.15, 0.2) is 0 Å². The number of alkyl halides is 1. The van der Waals surface area contributed by atoms with Crippen LogP contribution in [0.2, 0.25) is 0 Å². The van der Waals surface area contributed by atoms with Crippen LogP contribution in [0.3, 0.4) is 0 Å². The Labute approximate surface area is 118 Å². The number of hydrogen-bond acceptors (Lipinski definition) is 5. The molecule has 0 N–H and O–H groups in total. The number of aromatic nitrogens is 2. The summed E-state index contributed by atoms with van der Waals surface area (Å²) in [4.78, 5) is 10.3. The molecule has 1 atom stereocenters. The van der Waals surface area contributed by atoms with Crippen molar-refractivity contribution in [3.8, 4) is 11.5 Å². The van der Waals surface area contributed by atoms with Crippen molar-refractivity contribution in [1.82, 2.24) is 10.2 Å². The molecule has 0 spiro atoms. The van der Waals surface area contributed by atoms with E-state index < -0.39 is 4.92 Å². The Hall–Kier alpha value is -1.76. The Morgan fingerprint density at radius 3 is 2.84 bits per heavy atom. The van der Waals surface area contributed by atoms with Gasteiger partial charge >= 0.3 is 0 Å². The van der Waals surface area contributed by atoms with Gasteiger partial charge in [0.05, 0.1) is 9.75 Å². The lowest BCUT2D eigenvalue weighted by atomic mass is 10.1. The van der Waals surface area contributed by atoms with Crippen molar-refractivity contribution in [2.45, 2.75) is 25.1 Å². The molecular weight excluding hydrogens is 314 g/mol. The zero-order valence-corrected chi connectivity index (χ0v) is 12.0. The van der Waals surface area contributed by atoms with E-state index in [-0.39, 0.29) is 10.5 Å².